The molecular formula is C14H15N5O. The van der Waals surface area contributed by atoms with Crippen LogP contribution in [-0.2, 0) is 7.05 Å². The van der Waals surface area contributed by atoms with E-state index >= 15 is 0 Å². The molecule has 3 N–H and O–H groups in total. The molecule has 0 aliphatic heterocycles. The van der Waals surface area contributed by atoms with Crippen molar-refractivity contribution >= 4 is 5.82 Å². The van der Waals surface area contributed by atoms with Crippen molar-refractivity contribution in [3.05, 3.63) is 52.8 Å². The van der Waals surface area contributed by atoms with Gasteiger partial charge in [-0.3, -0.25) is 9.25 Å². The number of nitrogens with zero attached hydrogens (tertiary/aromatic N) is 3. The summed E-state index contributed by atoms with van der Waals surface area (Å²) in [6, 6.07) is 7.66. The van der Waals surface area contributed by atoms with Crippen LogP contribution in [-0.4, -0.2) is 19.3 Å². The molecule has 0 fully saturated rings. The van der Waals surface area contributed by atoms with Gasteiger partial charge in [-0.25, -0.2) is 4.79 Å². The zero-order chi connectivity index (χ0) is 14.3. The van der Waals surface area contributed by atoms with Gasteiger partial charge in [-0.05, 0) is 24.6 Å². The molecule has 0 bridgehead atoms. The molecule has 3 rings (SSSR count). The van der Waals surface area contributed by atoms with E-state index in [1.807, 2.05) is 31.2 Å². The van der Waals surface area contributed by atoms with Crippen molar-refractivity contribution in [1.29, 1.82) is 0 Å². The lowest BCUT2D eigenvalue weighted by Gasteiger charge is -2.07. The molecule has 0 aliphatic rings. The minimum absolute atomic E-state index is 0.154. The summed E-state index contributed by atoms with van der Waals surface area (Å²) in [5.41, 5.74) is 9.28. The van der Waals surface area contributed by atoms with E-state index in [2.05, 4.69) is 10.1 Å². The molecule has 0 amide bonds. The van der Waals surface area contributed by atoms with Gasteiger partial charge in [-0.15, -0.1) is 0 Å². The van der Waals surface area contributed by atoms with Gasteiger partial charge in [0.2, 0.25) is 0 Å². The van der Waals surface area contributed by atoms with Crippen molar-refractivity contribution in [3.63, 3.8) is 0 Å². The zero-order valence-corrected chi connectivity index (χ0v) is 11.3. The number of nitrogens with one attached hydrogen (secondary N) is 1. The number of aromatic amines is 1. The fourth-order valence-corrected chi connectivity index (χ4v) is 2.26. The van der Waals surface area contributed by atoms with E-state index in [-0.39, 0.29) is 5.69 Å². The lowest BCUT2D eigenvalue weighted by atomic mass is 10.1. The summed E-state index contributed by atoms with van der Waals surface area (Å²) in [4.78, 5) is 14.5. The fraction of sp³-hybridized carbons (Fsp3) is 0.143. The Balaban J connectivity index is 2.16. The molecule has 6 nitrogen and oxygen atoms in total. The van der Waals surface area contributed by atoms with Crippen LogP contribution in [0.5, 0.6) is 0 Å². The average Bonchev–Trinajstić information content (AvgIpc) is 2.94. The van der Waals surface area contributed by atoms with Crippen LogP contribution < -0.4 is 11.4 Å². The predicted molar refractivity (Wildman–Crippen MR) is 77.7 cm³/mol. The number of H-pyrrole nitrogens is 1. The molecule has 102 valence electrons. The summed E-state index contributed by atoms with van der Waals surface area (Å²) in [6.07, 6.45) is 3.41. The van der Waals surface area contributed by atoms with Crippen LogP contribution in [0.4, 0.5) is 5.82 Å². The minimum atomic E-state index is -0.154. The Labute approximate surface area is 115 Å². The molecule has 0 atom stereocenters. The highest BCUT2D eigenvalue weighted by Gasteiger charge is 2.10. The van der Waals surface area contributed by atoms with E-state index in [0.29, 0.717) is 5.82 Å². The lowest BCUT2D eigenvalue weighted by Crippen LogP contribution is -2.15. The number of hydrogen-bond acceptors (Lipinski definition) is 3. The maximum atomic E-state index is 11.8. The number of nitrogens with two attached hydrogens (primary N) is 1. The first-order valence-corrected chi connectivity index (χ1v) is 6.23. The third-order valence-corrected chi connectivity index (χ3v) is 3.36. The summed E-state index contributed by atoms with van der Waals surface area (Å²) in [6.45, 7) is 1.88. The van der Waals surface area contributed by atoms with E-state index in [1.54, 1.807) is 28.7 Å². The van der Waals surface area contributed by atoms with Crippen LogP contribution in [0, 0.1) is 6.92 Å². The molecule has 6 heteroatoms. The van der Waals surface area contributed by atoms with Gasteiger partial charge < -0.3 is 10.7 Å². The molecule has 1 aromatic carbocycles. The Morgan fingerprint density at radius 1 is 1.35 bits per heavy atom. The highest BCUT2D eigenvalue weighted by Crippen LogP contribution is 2.26. The molecule has 2 heterocycles. The standard InChI is InChI=1S/C14H15N5O/c1-9-7-16-14(20)19(9)11-5-3-4-10(6-11)12-8-17-18(2)13(12)15/h3-8H,15H2,1-2H3,(H,16,20). The molecule has 0 saturated heterocycles. The van der Waals surface area contributed by atoms with Gasteiger partial charge in [0.25, 0.3) is 0 Å². The molecule has 0 unspecified atom stereocenters. The normalized spacial score (nSPS) is 10.9. The van der Waals surface area contributed by atoms with Gasteiger partial charge >= 0.3 is 5.69 Å². The maximum absolute atomic E-state index is 11.8. The van der Waals surface area contributed by atoms with Crippen LogP contribution in [0.2, 0.25) is 0 Å². The highest BCUT2D eigenvalue weighted by molar-refractivity contribution is 5.74. The van der Waals surface area contributed by atoms with Gasteiger partial charge in [-0.2, -0.15) is 5.10 Å². The number of aromatic nitrogens is 4. The SMILES string of the molecule is Cc1c[nH]c(=O)n1-c1cccc(-c2cnn(C)c2N)c1. The summed E-state index contributed by atoms with van der Waals surface area (Å²) < 4.78 is 3.24. The van der Waals surface area contributed by atoms with E-state index < -0.39 is 0 Å². The van der Waals surface area contributed by atoms with Crippen LogP contribution in [0.15, 0.2) is 41.5 Å². The Morgan fingerprint density at radius 2 is 2.15 bits per heavy atom. The predicted octanol–water partition coefficient (Wildman–Crippen LogP) is 1.46. The number of imidazole rings is 1. The van der Waals surface area contributed by atoms with Crippen molar-refractivity contribution in [2.45, 2.75) is 6.92 Å². The second kappa shape index (κ2) is 4.41. The molecular weight excluding hydrogens is 254 g/mol. The Morgan fingerprint density at radius 3 is 2.75 bits per heavy atom. The zero-order valence-electron chi connectivity index (χ0n) is 11.3. The summed E-state index contributed by atoms with van der Waals surface area (Å²) >= 11 is 0. The Kier molecular flexibility index (Phi) is 2.71. The van der Waals surface area contributed by atoms with E-state index in [0.717, 1.165) is 22.5 Å². The Hall–Kier alpha value is -2.76. The molecule has 20 heavy (non-hydrogen) atoms. The first-order valence-electron chi connectivity index (χ1n) is 6.23. The largest absolute Gasteiger partial charge is 0.383 e. The first kappa shape index (κ1) is 12.3. The minimum Gasteiger partial charge on any atom is -0.383 e. The van der Waals surface area contributed by atoms with E-state index in [1.165, 1.54) is 0 Å². The Bertz CT molecular complexity index is 824. The van der Waals surface area contributed by atoms with E-state index in [9.17, 15) is 4.79 Å². The number of aryl methyl sites for hydroxylation is 2. The topological polar surface area (TPSA) is 81.6 Å². The van der Waals surface area contributed by atoms with Gasteiger partial charge in [0.05, 0.1) is 11.9 Å². The van der Waals surface area contributed by atoms with Crippen LogP contribution in [0.1, 0.15) is 5.69 Å². The van der Waals surface area contributed by atoms with Crippen molar-refractivity contribution in [2.24, 2.45) is 7.05 Å². The smallest absolute Gasteiger partial charge is 0.330 e. The summed E-state index contributed by atoms with van der Waals surface area (Å²) in [5.74, 6) is 0.597. The first-order chi connectivity index (χ1) is 9.58. The van der Waals surface area contributed by atoms with Crippen LogP contribution in [0.25, 0.3) is 16.8 Å². The van der Waals surface area contributed by atoms with Gasteiger partial charge in [0.1, 0.15) is 5.82 Å². The molecule has 0 spiro atoms. The molecule has 0 saturated carbocycles. The third-order valence-electron chi connectivity index (χ3n) is 3.36. The second-order valence-corrected chi connectivity index (χ2v) is 4.69. The summed E-state index contributed by atoms with van der Waals surface area (Å²) in [5, 5.41) is 4.14. The molecule has 0 aliphatic carbocycles. The van der Waals surface area contributed by atoms with Crippen LogP contribution >= 0.6 is 0 Å². The van der Waals surface area contributed by atoms with Crippen molar-refractivity contribution in [1.82, 2.24) is 19.3 Å². The van der Waals surface area contributed by atoms with E-state index in [4.69, 9.17) is 5.73 Å². The number of benzene rings is 1. The maximum Gasteiger partial charge on any atom is 0.330 e. The van der Waals surface area contributed by atoms with Crippen molar-refractivity contribution in [2.75, 3.05) is 5.73 Å². The van der Waals surface area contributed by atoms with Crippen molar-refractivity contribution < 1.29 is 0 Å². The van der Waals surface area contributed by atoms with Gasteiger partial charge in [0.15, 0.2) is 0 Å². The van der Waals surface area contributed by atoms with Gasteiger partial charge in [-0.1, -0.05) is 12.1 Å². The highest BCUT2D eigenvalue weighted by atomic mass is 16.1. The fourth-order valence-electron chi connectivity index (χ4n) is 2.26. The number of nitrogen functional groups attached to an aromatic ring is 1. The van der Waals surface area contributed by atoms with Gasteiger partial charge in [0, 0.05) is 24.5 Å². The third kappa shape index (κ3) is 1.82. The lowest BCUT2D eigenvalue weighted by molar-refractivity contribution is 0.779. The number of rotatable bonds is 2. The van der Waals surface area contributed by atoms with Crippen LogP contribution in [0.3, 0.4) is 0 Å². The monoisotopic (exact) mass is 269 g/mol. The quantitative estimate of drug-likeness (QED) is 0.739. The van der Waals surface area contributed by atoms with Crippen molar-refractivity contribution in [3.8, 4) is 16.8 Å². The number of hydrogen-bond donors (Lipinski definition) is 2. The summed E-state index contributed by atoms with van der Waals surface area (Å²) in [7, 11) is 1.80. The average molecular weight is 269 g/mol. The second-order valence-electron chi connectivity index (χ2n) is 4.69. The molecule has 2 aromatic heterocycles. The number of anilines is 1. The molecule has 3 aromatic rings. The molecule has 0 radical (unpaired) electrons.